The fourth-order valence-electron chi connectivity index (χ4n) is 1.98. The molecule has 1 aromatic rings. The summed E-state index contributed by atoms with van der Waals surface area (Å²) in [4.78, 5) is 14.6. The molecule has 16 heavy (non-hydrogen) atoms. The average molecular weight is 227 g/mol. The van der Waals surface area contributed by atoms with Crippen LogP contribution in [-0.4, -0.2) is 22.0 Å². The number of hydrogen-bond acceptors (Lipinski definition) is 2. The summed E-state index contributed by atoms with van der Waals surface area (Å²) in [6, 6.07) is 1.47. The summed E-state index contributed by atoms with van der Waals surface area (Å²) >= 11 is 0. The van der Waals surface area contributed by atoms with Crippen LogP contribution >= 0.6 is 0 Å². The second kappa shape index (κ2) is 3.50. The number of hydrogen-bond donors (Lipinski definition) is 1. The largest absolute Gasteiger partial charge is 0.478 e. The molecule has 0 aliphatic heterocycles. The minimum atomic E-state index is -2.58. The van der Waals surface area contributed by atoms with Gasteiger partial charge >= 0.3 is 5.97 Å². The van der Waals surface area contributed by atoms with Gasteiger partial charge in [-0.15, -0.1) is 0 Å². The van der Waals surface area contributed by atoms with Gasteiger partial charge in [0.2, 0.25) is 5.92 Å². The summed E-state index contributed by atoms with van der Waals surface area (Å²) in [5.41, 5.74) is 1.35. The van der Waals surface area contributed by atoms with E-state index in [-0.39, 0.29) is 24.3 Å². The minimum absolute atomic E-state index is 0.0901. The second-order valence-corrected chi connectivity index (χ2v) is 4.19. The summed E-state index contributed by atoms with van der Waals surface area (Å²) < 4.78 is 25.4. The van der Waals surface area contributed by atoms with Crippen LogP contribution in [0.1, 0.15) is 40.4 Å². The van der Waals surface area contributed by atoms with Crippen molar-refractivity contribution < 1.29 is 18.7 Å². The molecule has 0 unspecified atom stereocenters. The first-order valence-corrected chi connectivity index (χ1v) is 4.97. The third-order valence-corrected chi connectivity index (χ3v) is 2.84. The molecule has 86 valence electrons. The Morgan fingerprint density at radius 3 is 2.62 bits per heavy atom. The van der Waals surface area contributed by atoms with E-state index in [0.717, 1.165) is 0 Å². The van der Waals surface area contributed by atoms with Gasteiger partial charge in [-0.25, -0.2) is 13.6 Å². The zero-order chi connectivity index (χ0) is 11.9. The zero-order valence-corrected chi connectivity index (χ0v) is 8.70. The van der Waals surface area contributed by atoms with Gasteiger partial charge in [-0.1, -0.05) is 0 Å². The predicted molar refractivity (Wildman–Crippen MR) is 52.9 cm³/mol. The Morgan fingerprint density at radius 1 is 1.56 bits per heavy atom. The predicted octanol–water partition coefficient (Wildman–Crippen LogP) is 2.60. The number of aromatic nitrogens is 1. The van der Waals surface area contributed by atoms with E-state index < -0.39 is 11.9 Å². The first-order valence-electron chi connectivity index (χ1n) is 4.97. The van der Waals surface area contributed by atoms with E-state index >= 15 is 0 Å². The Hall–Kier alpha value is -1.52. The Balaban J connectivity index is 2.21. The van der Waals surface area contributed by atoms with E-state index in [4.69, 9.17) is 5.11 Å². The summed E-state index contributed by atoms with van der Waals surface area (Å²) in [7, 11) is 0. The Labute approximate surface area is 91.1 Å². The lowest BCUT2D eigenvalue weighted by atomic mass is 9.77. The van der Waals surface area contributed by atoms with E-state index in [1.807, 2.05) is 0 Å². The lowest BCUT2D eigenvalue weighted by Gasteiger charge is -2.35. The summed E-state index contributed by atoms with van der Waals surface area (Å²) in [6.07, 6.45) is 0.849. The monoisotopic (exact) mass is 227 g/mol. The third-order valence-electron chi connectivity index (χ3n) is 2.84. The first-order chi connectivity index (χ1) is 7.39. The van der Waals surface area contributed by atoms with Crippen molar-refractivity contribution in [1.82, 2.24) is 4.98 Å². The van der Waals surface area contributed by atoms with Crippen molar-refractivity contribution in [2.75, 3.05) is 0 Å². The molecule has 3 nitrogen and oxygen atoms in total. The number of nitrogens with zero attached hydrogens (tertiary/aromatic N) is 1. The molecule has 5 heteroatoms. The highest BCUT2D eigenvalue weighted by atomic mass is 19.3. The number of pyridine rings is 1. The Bertz CT molecular complexity index is 438. The van der Waals surface area contributed by atoms with Gasteiger partial charge in [-0.05, 0) is 18.6 Å². The molecule has 1 saturated carbocycles. The summed E-state index contributed by atoms with van der Waals surface area (Å²) in [6.45, 7) is 1.70. The van der Waals surface area contributed by atoms with E-state index in [0.29, 0.717) is 11.3 Å². The minimum Gasteiger partial charge on any atom is -0.478 e. The van der Waals surface area contributed by atoms with Crippen molar-refractivity contribution in [2.45, 2.75) is 31.6 Å². The van der Waals surface area contributed by atoms with Crippen molar-refractivity contribution in [1.29, 1.82) is 0 Å². The van der Waals surface area contributed by atoms with Crippen molar-refractivity contribution in [3.05, 3.63) is 29.1 Å². The number of alkyl halides is 2. The lowest BCUT2D eigenvalue weighted by molar-refractivity contribution is -0.0877. The number of rotatable bonds is 2. The molecule has 1 aliphatic rings. The summed E-state index contributed by atoms with van der Waals surface area (Å²) in [5.74, 6) is -3.87. The quantitative estimate of drug-likeness (QED) is 0.844. The van der Waals surface area contributed by atoms with Crippen molar-refractivity contribution in [3.8, 4) is 0 Å². The molecule has 1 heterocycles. The summed E-state index contributed by atoms with van der Waals surface area (Å²) in [5, 5.41) is 8.73. The Morgan fingerprint density at radius 2 is 2.19 bits per heavy atom. The maximum absolute atomic E-state index is 12.7. The van der Waals surface area contributed by atoms with Crippen LogP contribution in [-0.2, 0) is 0 Å². The van der Waals surface area contributed by atoms with Crippen LogP contribution in [0.15, 0.2) is 12.3 Å². The van der Waals surface area contributed by atoms with Gasteiger partial charge in [0.1, 0.15) is 0 Å². The number of carboxylic acids is 1. The number of aryl methyl sites for hydroxylation is 1. The molecule has 1 fully saturated rings. The van der Waals surface area contributed by atoms with Crippen LogP contribution in [0.5, 0.6) is 0 Å². The van der Waals surface area contributed by atoms with Crippen LogP contribution in [0.25, 0.3) is 0 Å². The number of aromatic carboxylic acids is 1. The van der Waals surface area contributed by atoms with Gasteiger partial charge in [0.25, 0.3) is 0 Å². The molecular weight excluding hydrogens is 216 g/mol. The molecule has 0 atom stereocenters. The number of carbonyl (C=O) groups is 1. The Kier molecular flexibility index (Phi) is 2.40. The van der Waals surface area contributed by atoms with E-state index in [9.17, 15) is 13.6 Å². The molecule has 0 bridgehead atoms. The van der Waals surface area contributed by atoms with Gasteiger partial charge in [-0.2, -0.15) is 0 Å². The standard InChI is InChI=1S/C11H11F2NO2/c1-6-2-7(10(15)16)5-14-9(6)8-3-11(12,13)4-8/h2,5,8H,3-4H2,1H3,(H,15,16). The van der Waals surface area contributed by atoms with Gasteiger partial charge in [-0.3, -0.25) is 4.98 Å². The fraction of sp³-hybridized carbons (Fsp3) is 0.455. The topological polar surface area (TPSA) is 50.2 Å². The highest BCUT2D eigenvalue weighted by molar-refractivity contribution is 5.87. The van der Waals surface area contributed by atoms with Crippen LogP contribution in [0.2, 0.25) is 0 Å². The third kappa shape index (κ3) is 1.89. The molecule has 2 rings (SSSR count). The molecule has 0 aromatic carbocycles. The van der Waals surface area contributed by atoms with Crippen LogP contribution in [0.4, 0.5) is 8.78 Å². The van der Waals surface area contributed by atoms with Crippen LogP contribution in [0, 0.1) is 6.92 Å². The molecule has 0 amide bonds. The van der Waals surface area contributed by atoms with E-state index in [1.165, 1.54) is 12.3 Å². The van der Waals surface area contributed by atoms with Crippen molar-refractivity contribution in [3.63, 3.8) is 0 Å². The molecule has 1 aliphatic carbocycles. The molecular formula is C11H11F2NO2. The van der Waals surface area contributed by atoms with E-state index in [2.05, 4.69) is 4.98 Å². The van der Waals surface area contributed by atoms with Gasteiger partial charge in [0.15, 0.2) is 0 Å². The van der Waals surface area contributed by atoms with E-state index in [1.54, 1.807) is 6.92 Å². The maximum Gasteiger partial charge on any atom is 0.337 e. The molecule has 0 saturated heterocycles. The molecule has 1 N–H and O–H groups in total. The zero-order valence-electron chi connectivity index (χ0n) is 8.70. The molecule has 0 spiro atoms. The van der Waals surface area contributed by atoms with Gasteiger partial charge in [0.05, 0.1) is 5.56 Å². The molecule has 1 aromatic heterocycles. The van der Waals surface area contributed by atoms with Crippen molar-refractivity contribution >= 4 is 5.97 Å². The highest BCUT2D eigenvalue weighted by Crippen LogP contribution is 2.48. The highest BCUT2D eigenvalue weighted by Gasteiger charge is 2.46. The maximum atomic E-state index is 12.7. The normalized spacial score (nSPS) is 19.2. The molecule has 0 radical (unpaired) electrons. The smallest absolute Gasteiger partial charge is 0.337 e. The van der Waals surface area contributed by atoms with Crippen LogP contribution in [0.3, 0.4) is 0 Å². The van der Waals surface area contributed by atoms with Crippen molar-refractivity contribution in [2.24, 2.45) is 0 Å². The van der Waals surface area contributed by atoms with Gasteiger partial charge in [0, 0.05) is 30.7 Å². The fourth-order valence-corrected chi connectivity index (χ4v) is 1.98. The second-order valence-electron chi connectivity index (χ2n) is 4.19. The van der Waals surface area contributed by atoms with Crippen LogP contribution < -0.4 is 0 Å². The number of carboxylic acid groups (broad SMARTS) is 1. The SMILES string of the molecule is Cc1cc(C(=O)O)cnc1C1CC(F)(F)C1. The number of halogens is 2. The lowest BCUT2D eigenvalue weighted by Crippen LogP contribution is -2.34. The average Bonchev–Trinajstić information content (AvgIpc) is 2.13. The first kappa shape index (κ1) is 11.0. The van der Waals surface area contributed by atoms with Gasteiger partial charge < -0.3 is 5.11 Å².